The van der Waals surface area contributed by atoms with E-state index >= 15 is 0 Å². The molecule has 3 aromatic rings. The number of pyridine rings is 1. The highest BCUT2D eigenvalue weighted by Crippen LogP contribution is 2.43. The van der Waals surface area contributed by atoms with Gasteiger partial charge in [0.1, 0.15) is 23.6 Å². The molecule has 0 radical (unpaired) electrons. The van der Waals surface area contributed by atoms with Gasteiger partial charge in [0.2, 0.25) is 11.8 Å². The van der Waals surface area contributed by atoms with Crippen molar-refractivity contribution in [3.05, 3.63) is 52.8 Å². The number of hydrogen-bond donors (Lipinski definition) is 2. The number of nitrogens with zero attached hydrogens (tertiary/aromatic N) is 4. The molecule has 3 atom stereocenters. The Balaban J connectivity index is 1.40. The van der Waals surface area contributed by atoms with Crippen LogP contribution >= 0.6 is 11.6 Å². The zero-order valence-corrected chi connectivity index (χ0v) is 18.7. The summed E-state index contributed by atoms with van der Waals surface area (Å²) in [6.45, 7) is 1.75. The van der Waals surface area contributed by atoms with Gasteiger partial charge >= 0.3 is 0 Å². The van der Waals surface area contributed by atoms with E-state index in [0.29, 0.717) is 21.9 Å². The Bertz CT molecular complexity index is 1290. The van der Waals surface area contributed by atoms with Crippen molar-refractivity contribution < 1.29 is 14.4 Å². The first kappa shape index (κ1) is 21.4. The summed E-state index contributed by atoms with van der Waals surface area (Å²) < 4.78 is 1.49. The van der Waals surface area contributed by atoms with Crippen LogP contribution in [0, 0.1) is 12.8 Å². The first-order valence-electron chi connectivity index (χ1n) is 10.8. The molecule has 0 spiro atoms. The second-order valence-electron chi connectivity index (χ2n) is 8.65. The van der Waals surface area contributed by atoms with Gasteiger partial charge in [0, 0.05) is 11.4 Å². The molecule has 1 aliphatic heterocycles. The van der Waals surface area contributed by atoms with Crippen LogP contribution in [-0.4, -0.2) is 49.5 Å². The monoisotopic (exact) mass is 466 g/mol. The molecule has 2 fully saturated rings. The van der Waals surface area contributed by atoms with E-state index in [1.54, 1.807) is 35.2 Å². The number of carbonyl (C=O) groups is 3. The summed E-state index contributed by atoms with van der Waals surface area (Å²) in [7, 11) is 0. The predicted octanol–water partition coefficient (Wildman–Crippen LogP) is 2.51. The van der Waals surface area contributed by atoms with Crippen LogP contribution in [0.25, 0.3) is 10.9 Å². The Morgan fingerprint density at radius 2 is 1.97 bits per heavy atom. The van der Waals surface area contributed by atoms with Gasteiger partial charge in [0.15, 0.2) is 5.69 Å². The maximum Gasteiger partial charge on any atom is 0.269 e. The zero-order valence-electron chi connectivity index (χ0n) is 18.0. The smallest absolute Gasteiger partial charge is 0.269 e. The molecule has 170 valence electrons. The van der Waals surface area contributed by atoms with Gasteiger partial charge < -0.3 is 16.0 Å². The van der Waals surface area contributed by atoms with Crippen LogP contribution in [0.5, 0.6) is 0 Å². The molecule has 3 heterocycles. The number of halogens is 1. The molecule has 33 heavy (non-hydrogen) atoms. The van der Waals surface area contributed by atoms with Crippen molar-refractivity contribution in [1.29, 1.82) is 0 Å². The molecule has 9 nitrogen and oxygen atoms in total. The van der Waals surface area contributed by atoms with E-state index in [1.165, 1.54) is 4.68 Å². The molecule has 1 saturated carbocycles. The number of benzene rings is 1. The lowest BCUT2D eigenvalue weighted by molar-refractivity contribution is -0.141. The van der Waals surface area contributed by atoms with Crippen molar-refractivity contribution in [1.82, 2.24) is 19.7 Å². The fraction of sp³-hybridized carbons (Fsp3) is 0.348. The van der Waals surface area contributed by atoms with Crippen LogP contribution in [0.2, 0.25) is 5.15 Å². The first-order valence-corrected chi connectivity index (χ1v) is 11.2. The number of aryl methyl sites for hydroxylation is 1. The summed E-state index contributed by atoms with van der Waals surface area (Å²) in [4.78, 5) is 44.3. The predicted molar refractivity (Wildman–Crippen MR) is 123 cm³/mol. The van der Waals surface area contributed by atoms with Crippen molar-refractivity contribution in [2.24, 2.45) is 11.7 Å². The average Bonchev–Trinajstić information content (AvgIpc) is 3.49. The second-order valence-corrected chi connectivity index (χ2v) is 9.01. The van der Waals surface area contributed by atoms with Crippen LogP contribution < -0.4 is 11.1 Å². The third-order valence-corrected chi connectivity index (χ3v) is 6.99. The molecule has 2 aromatic heterocycles. The van der Waals surface area contributed by atoms with E-state index in [-0.39, 0.29) is 36.0 Å². The molecule has 1 aliphatic carbocycles. The lowest BCUT2D eigenvalue weighted by Gasteiger charge is -2.34. The number of nitrogens with two attached hydrogens (primary N) is 1. The highest BCUT2D eigenvalue weighted by atomic mass is 35.5. The molecule has 10 heteroatoms. The summed E-state index contributed by atoms with van der Waals surface area (Å²) in [5, 5.41) is 8.03. The number of amides is 3. The van der Waals surface area contributed by atoms with Crippen LogP contribution in [0.4, 0.5) is 5.82 Å². The number of para-hydroxylation sites is 1. The second kappa shape index (κ2) is 8.15. The number of anilines is 1. The summed E-state index contributed by atoms with van der Waals surface area (Å²) in [6.07, 6.45) is 2.55. The zero-order chi connectivity index (χ0) is 23.3. The summed E-state index contributed by atoms with van der Waals surface area (Å²) in [5.74, 6) is -0.697. The van der Waals surface area contributed by atoms with E-state index in [0.717, 1.165) is 24.8 Å². The highest BCUT2D eigenvalue weighted by Gasteiger charge is 2.51. The topological polar surface area (TPSA) is 123 Å². The maximum absolute atomic E-state index is 13.4. The van der Waals surface area contributed by atoms with E-state index in [9.17, 15) is 14.4 Å². The van der Waals surface area contributed by atoms with E-state index in [2.05, 4.69) is 15.4 Å². The number of piperidine rings is 1. The van der Waals surface area contributed by atoms with Crippen molar-refractivity contribution in [3.8, 4) is 0 Å². The highest BCUT2D eigenvalue weighted by molar-refractivity contribution is 6.30. The van der Waals surface area contributed by atoms with Crippen molar-refractivity contribution in [3.63, 3.8) is 0 Å². The Hall–Kier alpha value is -3.46. The van der Waals surface area contributed by atoms with Crippen LogP contribution in [0.1, 0.15) is 35.3 Å². The fourth-order valence-corrected chi connectivity index (χ4v) is 5.25. The number of primary amides is 1. The van der Waals surface area contributed by atoms with E-state index in [4.69, 9.17) is 17.3 Å². The SMILES string of the molecule is Cc1ccc(NC(=O)[C@@H]2[C@H]3CC[C@H](C3)N2C(=O)Cn2nc(C(N)=O)c3ccccc32)nc1Cl. The van der Waals surface area contributed by atoms with Crippen LogP contribution in [0.3, 0.4) is 0 Å². The molecule has 1 aromatic carbocycles. The van der Waals surface area contributed by atoms with Gasteiger partial charge in [0.25, 0.3) is 5.91 Å². The Morgan fingerprint density at radius 3 is 2.73 bits per heavy atom. The van der Waals surface area contributed by atoms with Gasteiger partial charge in [-0.05, 0) is 49.8 Å². The van der Waals surface area contributed by atoms with Crippen molar-refractivity contribution in [2.75, 3.05) is 5.32 Å². The maximum atomic E-state index is 13.4. The van der Waals surface area contributed by atoms with Gasteiger partial charge in [-0.3, -0.25) is 19.1 Å². The Kier molecular flexibility index (Phi) is 5.28. The van der Waals surface area contributed by atoms with Gasteiger partial charge in [-0.2, -0.15) is 5.10 Å². The van der Waals surface area contributed by atoms with Gasteiger partial charge in [-0.1, -0.05) is 35.9 Å². The van der Waals surface area contributed by atoms with Crippen LogP contribution in [-0.2, 0) is 16.1 Å². The molecule has 2 bridgehead atoms. The normalized spacial score (nSPS) is 21.5. The number of nitrogens with one attached hydrogen (secondary N) is 1. The van der Waals surface area contributed by atoms with Gasteiger partial charge in [-0.15, -0.1) is 0 Å². The number of fused-ring (bicyclic) bond motifs is 3. The van der Waals surface area contributed by atoms with Gasteiger partial charge in [-0.25, -0.2) is 4.98 Å². The Labute approximate surface area is 194 Å². The standard InChI is InChI=1S/C23H23ClN6O3/c1-12-6-9-17(26-21(12)24)27-23(33)20-13-7-8-14(10-13)30(20)18(31)11-29-16-5-3-2-4-15(16)19(28-29)22(25)32/h2-6,9,13-14,20H,7-8,10-11H2,1H3,(H2,25,32)(H,26,27,33)/t13-,14+,20-/m0/s1. The summed E-state index contributed by atoms with van der Waals surface area (Å²) >= 11 is 6.09. The van der Waals surface area contributed by atoms with E-state index in [1.807, 2.05) is 13.0 Å². The molecule has 1 saturated heterocycles. The number of rotatable bonds is 5. The number of likely N-dealkylation sites (tertiary alicyclic amines) is 1. The van der Waals surface area contributed by atoms with Crippen molar-refractivity contribution >= 4 is 46.0 Å². The van der Waals surface area contributed by atoms with Gasteiger partial charge in [0.05, 0.1) is 5.52 Å². The molecule has 2 aliphatic rings. The lowest BCUT2D eigenvalue weighted by Crippen LogP contribution is -2.52. The van der Waals surface area contributed by atoms with E-state index < -0.39 is 11.9 Å². The molecule has 0 unspecified atom stereocenters. The molecule has 3 amide bonds. The number of hydrogen-bond acceptors (Lipinski definition) is 5. The molecular formula is C23H23ClN6O3. The summed E-state index contributed by atoms with van der Waals surface area (Å²) in [6, 6.07) is 10.0. The fourth-order valence-electron chi connectivity index (χ4n) is 5.10. The lowest BCUT2D eigenvalue weighted by atomic mass is 9.97. The minimum absolute atomic E-state index is 0.00486. The third kappa shape index (κ3) is 3.72. The van der Waals surface area contributed by atoms with Crippen molar-refractivity contribution in [2.45, 2.75) is 44.8 Å². The van der Waals surface area contributed by atoms with Crippen LogP contribution in [0.15, 0.2) is 36.4 Å². The quantitative estimate of drug-likeness (QED) is 0.559. The average molecular weight is 467 g/mol. The minimum Gasteiger partial charge on any atom is -0.364 e. The third-order valence-electron chi connectivity index (χ3n) is 6.60. The number of aromatic nitrogens is 3. The number of carbonyl (C=O) groups excluding carboxylic acids is 3. The molecule has 5 rings (SSSR count). The molecular weight excluding hydrogens is 444 g/mol. The Morgan fingerprint density at radius 1 is 1.18 bits per heavy atom. The largest absolute Gasteiger partial charge is 0.364 e. The minimum atomic E-state index is -0.654. The summed E-state index contributed by atoms with van der Waals surface area (Å²) in [5.41, 5.74) is 7.05. The molecule has 3 N–H and O–H groups in total. The first-order chi connectivity index (χ1) is 15.8.